The fourth-order valence-corrected chi connectivity index (χ4v) is 4.61. The number of nitrogens with zero attached hydrogens (tertiary/aromatic N) is 2. The molecule has 0 radical (unpaired) electrons. The molecule has 5 nitrogen and oxygen atoms in total. The fourth-order valence-electron chi connectivity index (χ4n) is 2.87. The highest BCUT2D eigenvalue weighted by molar-refractivity contribution is 9.09. The molecule has 3 aromatic rings. The summed E-state index contributed by atoms with van der Waals surface area (Å²) in [4.78, 5) is 4.80. The molecule has 3 rings (SSSR count). The van der Waals surface area contributed by atoms with Crippen molar-refractivity contribution in [1.29, 1.82) is 0 Å². The van der Waals surface area contributed by atoms with Gasteiger partial charge in [0.2, 0.25) is 0 Å². The molecule has 0 atom stereocenters. The van der Waals surface area contributed by atoms with Crippen molar-refractivity contribution in [3.05, 3.63) is 54.4 Å². The van der Waals surface area contributed by atoms with Gasteiger partial charge >= 0.3 is 0 Å². The number of unbranched alkanes of at least 4 members (excludes halogenated alkanes) is 1. The maximum Gasteiger partial charge on any atom is 0.269 e. The Morgan fingerprint density at radius 1 is 1.07 bits per heavy atom. The summed E-state index contributed by atoms with van der Waals surface area (Å²) in [5.41, 5.74) is 1.31. The normalized spacial score (nSPS) is 11.8. The molecule has 27 heavy (non-hydrogen) atoms. The Bertz CT molecular complexity index is 998. The zero-order chi connectivity index (χ0) is 19.3. The summed E-state index contributed by atoms with van der Waals surface area (Å²) in [6.45, 7) is 2.67. The van der Waals surface area contributed by atoms with E-state index in [2.05, 4.69) is 27.8 Å². The Hall–Kier alpha value is -1.86. The molecule has 0 N–H and O–H groups in total. The van der Waals surface area contributed by atoms with Crippen LogP contribution in [0.4, 0.5) is 0 Å². The molecule has 0 unspecified atom stereocenters. The van der Waals surface area contributed by atoms with Crippen molar-refractivity contribution in [3.8, 4) is 5.75 Å². The second-order valence-corrected chi connectivity index (χ2v) is 8.83. The van der Waals surface area contributed by atoms with E-state index in [-0.39, 0.29) is 4.90 Å². The Morgan fingerprint density at radius 2 is 1.81 bits per heavy atom. The minimum Gasteiger partial charge on any atom is -0.494 e. The summed E-state index contributed by atoms with van der Waals surface area (Å²) in [7, 11) is -3.73. The summed E-state index contributed by atoms with van der Waals surface area (Å²) in [6.07, 6.45) is 3.38. The molecular formula is C20H23BrN2O3S. The van der Waals surface area contributed by atoms with Crippen molar-refractivity contribution in [3.63, 3.8) is 0 Å². The molecule has 2 aromatic carbocycles. The highest BCUT2D eigenvalue weighted by Crippen LogP contribution is 2.25. The largest absolute Gasteiger partial charge is 0.494 e. The van der Waals surface area contributed by atoms with Crippen LogP contribution in [0.3, 0.4) is 0 Å². The number of alkyl halides is 1. The molecular weight excluding hydrogens is 428 g/mol. The predicted molar refractivity (Wildman–Crippen MR) is 111 cm³/mol. The van der Waals surface area contributed by atoms with Gasteiger partial charge in [0.1, 0.15) is 11.6 Å². The molecule has 0 bridgehead atoms. The molecule has 0 saturated carbocycles. The van der Waals surface area contributed by atoms with Crippen LogP contribution in [0, 0.1) is 0 Å². The van der Waals surface area contributed by atoms with Gasteiger partial charge in [0.25, 0.3) is 10.0 Å². The molecule has 1 heterocycles. The molecule has 7 heteroatoms. The summed E-state index contributed by atoms with van der Waals surface area (Å²) in [6, 6.07) is 13.9. The van der Waals surface area contributed by atoms with E-state index in [1.54, 1.807) is 30.3 Å². The lowest BCUT2D eigenvalue weighted by Crippen LogP contribution is -2.16. The van der Waals surface area contributed by atoms with E-state index in [0.717, 1.165) is 24.6 Å². The quantitative estimate of drug-likeness (QED) is 0.347. The first-order chi connectivity index (χ1) is 13.1. The Labute approximate surface area is 168 Å². The molecule has 0 saturated heterocycles. The maximum absolute atomic E-state index is 13.3. The molecule has 0 spiro atoms. The van der Waals surface area contributed by atoms with Crippen molar-refractivity contribution < 1.29 is 13.2 Å². The van der Waals surface area contributed by atoms with Gasteiger partial charge in [0.05, 0.1) is 22.5 Å². The highest BCUT2D eigenvalue weighted by Gasteiger charge is 2.23. The van der Waals surface area contributed by atoms with E-state index < -0.39 is 10.0 Å². The number of imidazole rings is 1. The third-order valence-corrected chi connectivity index (χ3v) is 6.56. The van der Waals surface area contributed by atoms with Crippen molar-refractivity contribution in [1.82, 2.24) is 8.96 Å². The number of fused-ring (bicyclic) bond motifs is 1. The SMILES string of the molecule is CCCCc1nc2ccccc2n1S(=O)(=O)c1ccc(OCCCBr)cc1. The fraction of sp³-hybridized carbons (Fsp3) is 0.350. The first kappa shape index (κ1) is 19.9. The number of aryl methyl sites for hydroxylation is 1. The van der Waals surface area contributed by atoms with Crippen molar-refractivity contribution in [2.45, 2.75) is 37.5 Å². The number of halogens is 1. The van der Waals surface area contributed by atoms with Gasteiger partial charge in [-0.25, -0.2) is 17.4 Å². The second kappa shape index (κ2) is 8.89. The average Bonchev–Trinajstić information content (AvgIpc) is 3.06. The van der Waals surface area contributed by atoms with Crippen LogP contribution in [-0.2, 0) is 16.4 Å². The van der Waals surface area contributed by atoms with E-state index in [4.69, 9.17) is 4.74 Å². The van der Waals surface area contributed by atoms with Crippen LogP contribution in [0.15, 0.2) is 53.4 Å². The van der Waals surface area contributed by atoms with Gasteiger partial charge < -0.3 is 4.74 Å². The van der Waals surface area contributed by atoms with Gasteiger partial charge in [0, 0.05) is 11.8 Å². The number of para-hydroxylation sites is 2. The van der Waals surface area contributed by atoms with Crippen molar-refractivity contribution >= 4 is 37.0 Å². The minimum atomic E-state index is -3.73. The zero-order valence-electron chi connectivity index (χ0n) is 15.3. The maximum atomic E-state index is 13.3. The molecule has 0 fully saturated rings. The van der Waals surface area contributed by atoms with E-state index in [0.29, 0.717) is 35.6 Å². The first-order valence-electron chi connectivity index (χ1n) is 9.08. The lowest BCUT2D eigenvalue weighted by molar-refractivity contribution is 0.319. The lowest BCUT2D eigenvalue weighted by Gasteiger charge is -2.11. The van der Waals surface area contributed by atoms with Gasteiger partial charge in [-0.2, -0.15) is 0 Å². The van der Waals surface area contributed by atoms with E-state index in [1.165, 1.54) is 3.97 Å². The van der Waals surface area contributed by atoms with E-state index >= 15 is 0 Å². The van der Waals surface area contributed by atoms with Crippen LogP contribution < -0.4 is 4.74 Å². The Morgan fingerprint density at radius 3 is 2.52 bits per heavy atom. The van der Waals surface area contributed by atoms with Crippen LogP contribution in [0.1, 0.15) is 32.0 Å². The third-order valence-electron chi connectivity index (χ3n) is 4.25. The van der Waals surface area contributed by atoms with Gasteiger partial charge in [0.15, 0.2) is 0 Å². The van der Waals surface area contributed by atoms with Crippen molar-refractivity contribution in [2.24, 2.45) is 0 Å². The zero-order valence-corrected chi connectivity index (χ0v) is 17.7. The lowest BCUT2D eigenvalue weighted by atomic mass is 10.2. The number of hydrogen-bond donors (Lipinski definition) is 0. The summed E-state index contributed by atoms with van der Waals surface area (Å²) < 4.78 is 33.7. The van der Waals surface area contributed by atoms with Crippen LogP contribution in [0.5, 0.6) is 5.75 Å². The molecule has 144 valence electrons. The number of ether oxygens (including phenoxy) is 1. The topological polar surface area (TPSA) is 61.2 Å². The molecule has 0 amide bonds. The van der Waals surface area contributed by atoms with Gasteiger partial charge in [-0.1, -0.05) is 41.4 Å². The smallest absolute Gasteiger partial charge is 0.269 e. The van der Waals surface area contributed by atoms with Crippen LogP contribution >= 0.6 is 15.9 Å². The first-order valence-corrected chi connectivity index (χ1v) is 11.6. The summed E-state index contributed by atoms with van der Waals surface area (Å²) >= 11 is 3.36. The number of aromatic nitrogens is 2. The standard InChI is InChI=1S/C20H23BrN2O3S/c1-2-3-9-20-22-18-7-4-5-8-19(18)23(20)27(24,25)17-12-10-16(11-13-17)26-15-6-14-21/h4-5,7-8,10-13H,2-3,6,9,14-15H2,1H3. The van der Waals surface area contributed by atoms with E-state index in [1.807, 2.05) is 18.2 Å². The summed E-state index contributed by atoms with van der Waals surface area (Å²) in [5.74, 6) is 1.24. The van der Waals surface area contributed by atoms with Crippen molar-refractivity contribution in [2.75, 3.05) is 11.9 Å². The van der Waals surface area contributed by atoms with Crippen LogP contribution in [-0.4, -0.2) is 29.3 Å². The molecule has 1 aromatic heterocycles. The number of rotatable bonds is 9. The van der Waals surface area contributed by atoms with Gasteiger partial charge in [-0.05, 0) is 49.2 Å². The van der Waals surface area contributed by atoms with Crippen LogP contribution in [0.2, 0.25) is 0 Å². The highest BCUT2D eigenvalue weighted by atomic mass is 79.9. The predicted octanol–water partition coefficient (Wildman–Crippen LogP) is 4.78. The minimum absolute atomic E-state index is 0.233. The Kier molecular flexibility index (Phi) is 6.55. The van der Waals surface area contributed by atoms with Crippen LogP contribution in [0.25, 0.3) is 11.0 Å². The van der Waals surface area contributed by atoms with Gasteiger partial charge in [-0.3, -0.25) is 0 Å². The third kappa shape index (κ3) is 4.35. The summed E-state index contributed by atoms with van der Waals surface area (Å²) in [5, 5.41) is 0.869. The second-order valence-electron chi connectivity index (χ2n) is 6.25. The number of benzene rings is 2. The average molecular weight is 451 g/mol. The van der Waals surface area contributed by atoms with Gasteiger partial charge in [-0.15, -0.1) is 0 Å². The Balaban J connectivity index is 1.99. The molecule has 0 aliphatic carbocycles. The molecule has 0 aliphatic heterocycles. The molecule has 0 aliphatic rings. The number of hydrogen-bond acceptors (Lipinski definition) is 4. The monoisotopic (exact) mass is 450 g/mol. The van der Waals surface area contributed by atoms with E-state index in [9.17, 15) is 8.42 Å².